The van der Waals surface area contributed by atoms with Crippen molar-refractivity contribution in [3.8, 4) is 0 Å². The number of sulfonamides is 1. The van der Waals surface area contributed by atoms with E-state index in [0.717, 1.165) is 39.1 Å². The smallest absolute Gasteiger partial charge is 0.264 e. The van der Waals surface area contributed by atoms with E-state index in [2.05, 4.69) is 31.7 Å². The van der Waals surface area contributed by atoms with E-state index in [0.29, 0.717) is 23.8 Å². The number of fused-ring (bicyclic) bond motifs is 1. The Labute approximate surface area is 191 Å². The average Bonchev–Trinajstić information content (AvgIpc) is 2.77. The summed E-state index contributed by atoms with van der Waals surface area (Å²) < 4.78 is 28.6. The van der Waals surface area contributed by atoms with Crippen LogP contribution in [0.5, 0.6) is 0 Å². The molecule has 0 atom stereocenters. The van der Waals surface area contributed by atoms with E-state index in [1.807, 2.05) is 62.4 Å². The number of anilines is 1. The Hall–Kier alpha value is -3.07. The van der Waals surface area contributed by atoms with Crippen molar-refractivity contribution in [3.63, 3.8) is 0 Å². The number of hydrogen-bond acceptors (Lipinski definition) is 2. The summed E-state index contributed by atoms with van der Waals surface area (Å²) in [4.78, 5) is 0.325. The number of aryl methyl sites for hydroxylation is 2. The van der Waals surface area contributed by atoms with Gasteiger partial charge in [0, 0.05) is 23.3 Å². The lowest BCUT2D eigenvalue weighted by molar-refractivity contribution is 0.590. The first kappa shape index (κ1) is 22.1. The van der Waals surface area contributed by atoms with Crippen LogP contribution < -0.4 is 4.31 Å². The first-order valence-electron chi connectivity index (χ1n) is 11.0. The molecule has 1 aliphatic rings. The average molecular weight is 444 g/mol. The van der Waals surface area contributed by atoms with Crippen molar-refractivity contribution in [1.29, 1.82) is 0 Å². The summed E-state index contributed by atoms with van der Waals surface area (Å²) >= 11 is 0. The molecule has 0 aromatic heterocycles. The lowest BCUT2D eigenvalue weighted by Crippen LogP contribution is -2.35. The lowest BCUT2D eigenvalue weighted by Gasteiger charge is -2.32. The van der Waals surface area contributed by atoms with Crippen LogP contribution >= 0.6 is 0 Å². The van der Waals surface area contributed by atoms with Crippen molar-refractivity contribution in [2.45, 2.75) is 39.0 Å². The first-order valence-corrected chi connectivity index (χ1v) is 12.5. The summed E-state index contributed by atoms with van der Waals surface area (Å²) in [5.41, 5.74) is 10.8. The van der Waals surface area contributed by atoms with Gasteiger partial charge in [-0.2, -0.15) is 0 Å². The minimum absolute atomic E-state index is 0.299. The summed E-state index contributed by atoms with van der Waals surface area (Å²) in [6, 6.07) is 23.4. The largest absolute Gasteiger partial charge is 0.265 e. The molecule has 4 rings (SSSR count). The molecule has 0 radical (unpaired) electrons. The van der Waals surface area contributed by atoms with E-state index in [1.54, 1.807) is 16.4 Å². The van der Waals surface area contributed by atoms with E-state index >= 15 is 0 Å². The van der Waals surface area contributed by atoms with Crippen LogP contribution in [0.4, 0.5) is 5.69 Å². The van der Waals surface area contributed by atoms with Crippen LogP contribution in [0, 0.1) is 19.8 Å². The Bertz CT molecular complexity index is 1300. The summed E-state index contributed by atoms with van der Waals surface area (Å²) in [6.07, 6.45) is 0.615. The second-order valence-electron chi connectivity index (χ2n) is 8.70. The maximum Gasteiger partial charge on any atom is 0.264 e. The van der Waals surface area contributed by atoms with Gasteiger partial charge in [0.2, 0.25) is 0 Å². The maximum atomic E-state index is 13.5. The van der Waals surface area contributed by atoms with E-state index in [4.69, 9.17) is 0 Å². The minimum atomic E-state index is -3.64. The van der Waals surface area contributed by atoms with Crippen LogP contribution in [0.25, 0.3) is 11.1 Å². The van der Waals surface area contributed by atoms with Gasteiger partial charge in [-0.25, -0.2) is 8.42 Å². The fourth-order valence-electron chi connectivity index (χ4n) is 4.12. The third-order valence-electron chi connectivity index (χ3n) is 5.87. The molecule has 0 spiro atoms. The molecule has 1 aliphatic heterocycles. The van der Waals surface area contributed by atoms with E-state index in [9.17, 15) is 8.42 Å². The monoisotopic (exact) mass is 443 g/mol. The summed E-state index contributed by atoms with van der Waals surface area (Å²) in [7, 11) is -3.64. The summed E-state index contributed by atoms with van der Waals surface area (Å²) in [5.74, 6) is 0.299. The molecule has 32 heavy (non-hydrogen) atoms. The fourth-order valence-corrected chi connectivity index (χ4v) is 5.59. The summed E-state index contributed by atoms with van der Waals surface area (Å²) in [6.45, 7) is 8.69. The zero-order valence-corrected chi connectivity index (χ0v) is 19.9. The predicted molar refractivity (Wildman–Crippen MR) is 133 cm³/mol. The third-order valence-corrected chi connectivity index (χ3v) is 7.70. The van der Waals surface area contributed by atoms with Crippen LogP contribution in [-0.2, 0) is 10.0 Å². The molecule has 0 fully saturated rings. The van der Waals surface area contributed by atoms with Gasteiger partial charge in [0.15, 0.2) is 0 Å². The number of rotatable bonds is 4. The van der Waals surface area contributed by atoms with Gasteiger partial charge >= 0.3 is 0 Å². The minimum Gasteiger partial charge on any atom is -0.265 e. The molecule has 164 valence electrons. The molecule has 0 N–H and O–H groups in total. The molecule has 3 nitrogen and oxygen atoms in total. The van der Waals surface area contributed by atoms with Gasteiger partial charge in [-0.1, -0.05) is 74.0 Å². The molecule has 0 unspecified atom stereocenters. The van der Waals surface area contributed by atoms with Crippen molar-refractivity contribution >= 4 is 26.9 Å². The van der Waals surface area contributed by atoms with E-state index in [-0.39, 0.29) is 0 Å². The van der Waals surface area contributed by atoms with Crippen molar-refractivity contribution in [1.82, 2.24) is 0 Å². The van der Waals surface area contributed by atoms with Crippen LogP contribution in [0.1, 0.15) is 42.5 Å². The Balaban J connectivity index is 1.88. The quantitative estimate of drug-likeness (QED) is 0.425. The van der Waals surface area contributed by atoms with Crippen LogP contribution in [-0.4, -0.2) is 15.0 Å². The zero-order chi connectivity index (χ0) is 22.9. The van der Waals surface area contributed by atoms with Crippen molar-refractivity contribution in [2.24, 2.45) is 5.92 Å². The van der Waals surface area contributed by atoms with Crippen molar-refractivity contribution in [2.75, 3.05) is 10.8 Å². The van der Waals surface area contributed by atoms with Crippen molar-refractivity contribution < 1.29 is 8.42 Å². The summed E-state index contributed by atoms with van der Waals surface area (Å²) in [5, 5.41) is 0. The van der Waals surface area contributed by atoms with Gasteiger partial charge in [-0.15, -0.1) is 5.73 Å². The van der Waals surface area contributed by atoms with Crippen LogP contribution in [0.15, 0.2) is 83.4 Å². The van der Waals surface area contributed by atoms with Gasteiger partial charge in [0.25, 0.3) is 10.0 Å². The highest BCUT2D eigenvalue weighted by Gasteiger charge is 2.31. The molecule has 0 amide bonds. The Morgan fingerprint density at radius 3 is 2.22 bits per heavy atom. The second-order valence-corrected chi connectivity index (χ2v) is 10.6. The second kappa shape index (κ2) is 8.82. The van der Waals surface area contributed by atoms with Crippen LogP contribution in [0.2, 0.25) is 0 Å². The van der Waals surface area contributed by atoms with Gasteiger partial charge in [0.1, 0.15) is 0 Å². The van der Waals surface area contributed by atoms with E-state index in [1.165, 1.54) is 0 Å². The topological polar surface area (TPSA) is 37.4 Å². The Morgan fingerprint density at radius 1 is 0.906 bits per heavy atom. The number of nitrogens with zero attached hydrogens (tertiary/aromatic N) is 1. The Morgan fingerprint density at radius 2 is 1.56 bits per heavy atom. The standard InChI is InChI=1S/C28H29NO2S/c1-20(2)27(23-8-6-5-7-9-23)19-24-16-17-29(28-18-22(4)12-15-26(24)28)32(30,31)25-13-10-21(3)11-14-25/h5-15,18,20H,16-17H2,1-4H3. The zero-order valence-electron chi connectivity index (χ0n) is 19.1. The molecule has 3 aromatic rings. The molecule has 0 saturated heterocycles. The van der Waals surface area contributed by atoms with Gasteiger partial charge in [0.05, 0.1) is 10.6 Å². The molecule has 4 heteroatoms. The Kier molecular flexibility index (Phi) is 6.10. The van der Waals surface area contributed by atoms with Gasteiger partial charge in [-0.05, 0) is 55.5 Å². The molecular formula is C28H29NO2S. The molecular weight excluding hydrogens is 414 g/mol. The molecule has 1 heterocycles. The highest BCUT2D eigenvalue weighted by molar-refractivity contribution is 7.92. The highest BCUT2D eigenvalue weighted by atomic mass is 32.2. The highest BCUT2D eigenvalue weighted by Crippen LogP contribution is 2.39. The number of hydrogen-bond donors (Lipinski definition) is 0. The number of benzene rings is 3. The predicted octanol–water partition coefficient (Wildman–Crippen LogP) is 6.62. The van der Waals surface area contributed by atoms with Gasteiger partial charge in [-0.3, -0.25) is 4.31 Å². The third kappa shape index (κ3) is 4.29. The van der Waals surface area contributed by atoms with Crippen LogP contribution in [0.3, 0.4) is 0 Å². The van der Waals surface area contributed by atoms with Crippen molar-refractivity contribution in [3.05, 3.63) is 101 Å². The molecule has 0 aliphatic carbocycles. The van der Waals surface area contributed by atoms with Gasteiger partial charge < -0.3 is 0 Å². The SMILES string of the molecule is Cc1ccc(S(=O)(=O)N2CCC(=C=C(c3ccccc3)C(C)C)c3ccc(C)cc32)cc1. The maximum absolute atomic E-state index is 13.5. The fraction of sp³-hybridized carbons (Fsp3) is 0.250. The lowest BCUT2D eigenvalue weighted by atomic mass is 9.91. The first-order chi connectivity index (χ1) is 15.3. The van der Waals surface area contributed by atoms with E-state index < -0.39 is 10.0 Å². The molecule has 0 saturated carbocycles. The molecule has 0 bridgehead atoms. The molecule has 3 aromatic carbocycles. The normalized spacial score (nSPS) is 13.7.